The third kappa shape index (κ3) is 1.96. The van der Waals surface area contributed by atoms with Gasteiger partial charge in [0, 0.05) is 0 Å². The van der Waals surface area contributed by atoms with E-state index in [1.54, 1.807) is 6.07 Å². The van der Waals surface area contributed by atoms with Gasteiger partial charge in [0.1, 0.15) is 5.69 Å². The number of halogens is 1. The van der Waals surface area contributed by atoms with Crippen molar-refractivity contribution in [1.29, 1.82) is 0 Å². The molecule has 1 amide bonds. The number of hydrogen-bond acceptors (Lipinski definition) is 3. The Balaban J connectivity index is 2.21. The van der Waals surface area contributed by atoms with E-state index in [1.165, 1.54) is 6.07 Å². The standard InChI is InChI=1S/C9H9ClN2O2/c10-8-7(14-5-1-2-5)4-3-6(12-8)9(11)13/h3-5H,1-2H2,(H2,11,13). The molecular weight excluding hydrogens is 204 g/mol. The van der Waals surface area contributed by atoms with E-state index < -0.39 is 5.91 Å². The Morgan fingerprint density at radius 1 is 1.57 bits per heavy atom. The first kappa shape index (κ1) is 9.27. The fourth-order valence-corrected chi connectivity index (χ4v) is 1.21. The van der Waals surface area contributed by atoms with Gasteiger partial charge in [0.15, 0.2) is 10.9 Å². The molecule has 2 N–H and O–H groups in total. The predicted octanol–water partition coefficient (Wildman–Crippen LogP) is 1.38. The Kier molecular flexibility index (Phi) is 2.29. The average Bonchev–Trinajstić information content (AvgIpc) is 2.92. The zero-order valence-electron chi connectivity index (χ0n) is 7.37. The smallest absolute Gasteiger partial charge is 0.267 e. The van der Waals surface area contributed by atoms with Crippen molar-refractivity contribution in [1.82, 2.24) is 4.98 Å². The van der Waals surface area contributed by atoms with Crippen LogP contribution >= 0.6 is 11.6 Å². The molecule has 2 rings (SSSR count). The molecule has 0 radical (unpaired) electrons. The van der Waals surface area contributed by atoms with E-state index in [9.17, 15) is 4.79 Å². The molecular formula is C9H9ClN2O2. The molecule has 1 aromatic heterocycles. The van der Waals surface area contributed by atoms with E-state index in [0.717, 1.165) is 12.8 Å². The van der Waals surface area contributed by atoms with Gasteiger partial charge in [0.25, 0.3) is 5.91 Å². The van der Waals surface area contributed by atoms with Crippen molar-refractivity contribution < 1.29 is 9.53 Å². The number of carbonyl (C=O) groups excluding carboxylic acids is 1. The molecule has 1 aliphatic rings. The minimum atomic E-state index is -0.593. The minimum Gasteiger partial charge on any atom is -0.487 e. The molecule has 0 bridgehead atoms. The number of amides is 1. The maximum atomic E-state index is 10.8. The van der Waals surface area contributed by atoms with Crippen molar-refractivity contribution in [2.45, 2.75) is 18.9 Å². The molecule has 74 valence electrons. The van der Waals surface area contributed by atoms with Crippen LogP contribution in [0.5, 0.6) is 5.75 Å². The van der Waals surface area contributed by atoms with Crippen molar-refractivity contribution in [3.05, 3.63) is 23.0 Å². The highest BCUT2D eigenvalue weighted by molar-refractivity contribution is 6.31. The second kappa shape index (κ2) is 3.46. The summed E-state index contributed by atoms with van der Waals surface area (Å²) in [5, 5.41) is 0.188. The van der Waals surface area contributed by atoms with Crippen molar-refractivity contribution in [2.24, 2.45) is 5.73 Å². The number of ether oxygens (including phenoxy) is 1. The third-order valence-corrected chi connectivity index (χ3v) is 2.16. The lowest BCUT2D eigenvalue weighted by Gasteiger charge is -2.05. The van der Waals surface area contributed by atoms with E-state index in [-0.39, 0.29) is 17.0 Å². The van der Waals surface area contributed by atoms with E-state index in [2.05, 4.69) is 4.98 Å². The van der Waals surface area contributed by atoms with Crippen LogP contribution in [0, 0.1) is 0 Å². The molecule has 1 aliphatic carbocycles. The molecule has 0 aromatic carbocycles. The average molecular weight is 213 g/mol. The fourth-order valence-electron chi connectivity index (χ4n) is 1.01. The van der Waals surface area contributed by atoms with E-state index in [4.69, 9.17) is 22.1 Å². The maximum Gasteiger partial charge on any atom is 0.267 e. The van der Waals surface area contributed by atoms with Gasteiger partial charge in [-0.2, -0.15) is 0 Å². The van der Waals surface area contributed by atoms with Crippen LogP contribution in [-0.2, 0) is 0 Å². The van der Waals surface area contributed by atoms with Crippen molar-refractivity contribution in [3.8, 4) is 5.75 Å². The molecule has 1 aromatic rings. The molecule has 1 saturated carbocycles. The Labute approximate surface area is 86.0 Å². The van der Waals surface area contributed by atoms with Gasteiger partial charge in [-0.05, 0) is 25.0 Å². The summed E-state index contributed by atoms with van der Waals surface area (Å²) in [6.07, 6.45) is 2.36. The normalized spacial score (nSPS) is 15.2. The van der Waals surface area contributed by atoms with Crippen LogP contribution in [0.2, 0.25) is 5.15 Å². The largest absolute Gasteiger partial charge is 0.487 e. The Morgan fingerprint density at radius 2 is 2.29 bits per heavy atom. The third-order valence-electron chi connectivity index (χ3n) is 1.88. The lowest BCUT2D eigenvalue weighted by molar-refractivity contribution is 0.0995. The number of hydrogen-bond donors (Lipinski definition) is 1. The number of carbonyl (C=O) groups is 1. The van der Waals surface area contributed by atoms with Crippen LogP contribution < -0.4 is 10.5 Å². The highest BCUT2D eigenvalue weighted by atomic mass is 35.5. The number of nitrogens with two attached hydrogens (primary N) is 1. The van der Waals surface area contributed by atoms with Crippen LogP contribution in [0.3, 0.4) is 0 Å². The summed E-state index contributed by atoms with van der Waals surface area (Å²) >= 11 is 5.80. The predicted molar refractivity (Wildman–Crippen MR) is 51.4 cm³/mol. The summed E-state index contributed by atoms with van der Waals surface area (Å²) < 4.78 is 5.44. The fraction of sp³-hybridized carbons (Fsp3) is 0.333. The first-order valence-corrected chi connectivity index (χ1v) is 4.67. The van der Waals surface area contributed by atoms with Gasteiger partial charge < -0.3 is 10.5 Å². The summed E-state index contributed by atoms with van der Waals surface area (Å²) in [5.41, 5.74) is 5.20. The Hall–Kier alpha value is -1.29. The van der Waals surface area contributed by atoms with Crippen molar-refractivity contribution >= 4 is 17.5 Å². The number of rotatable bonds is 3. The lowest BCUT2D eigenvalue weighted by atomic mass is 10.3. The molecule has 0 atom stereocenters. The van der Waals surface area contributed by atoms with Gasteiger partial charge in [0.2, 0.25) is 0 Å². The first-order chi connectivity index (χ1) is 6.66. The van der Waals surface area contributed by atoms with Crippen molar-refractivity contribution in [3.63, 3.8) is 0 Å². The second-order valence-corrected chi connectivity index (χ2v) is 3.52. The minimum absolute atomic E-state index is 0.151. The van der Waals surface area contributed by atoms with Gasteiger partial charge in [-0.3, -0.25) is 4.79 Å². The molecule has 5 heteroatoms. The van der Waals surface area contributed by atoms with Gasteiger partial charge >= 0.3 is 0 Å². The molecule has 1 fully saturated rings. The maximum absolute atomic E-state index is 10.8. The van der Waals surface area contributed by atoms with Crippen LogP contribution in [0.4, 0.5) is 0 Å². The number of pyridine rings is 1. The van der Waals surface area contributed by atoms with Crippen LogP contribution in [0.25, 0.3) is 0 Å². The highest BCUT2D eigenvalue weighted by Crippen LogP contribution is 2.30. The monoisotopic (exact) mass is 212 g/mol. The number of primary amides is 1. The van der Waals surface area contributed by atoms with Gasteiger partial charge in [-0.25, -0.2) is 4.98 Å². The van der Waals surface area contributed by atoms with Crippen LogP contribution in [0.1, 0.15) is 23.3 Å². The molecule has 0 aliphatic heterocycles. The zero-order valence-corrected chi connectivity index (χ0v) is 8.12. The summed E-state index contributed by atoms with van der Waals surface area (Å²) in [4.78, 5) is 14.6. The van der Waals surface area contributed by atoms with Gasteiger partial charge in [-0.1, -0.05) is 11.6 Å². The Morgan fingerprint density at radius 3 is 2.79 bits per heavy atom. The zero-order chi connectivity index (χ0) is 10.1. The SMILES string of the molecule is NC(=O)c1ccc(OC2CC2)c(Cl)n1. The van der Waals surface area contributed by atoms with Gasteiger partial charge in [0.05, 0.1) is 6.10 Å². The van der Waals surface area contributed by atoms with Crippen LogP contribution in [0.15, 0.2) is 12.1 Å². The molecule has 0 saturated heterocycles. The molecule has 0 unspecified atom stereocenters. The second-order valence-electron chi connectivity index (χ2n) is 3.17. The lowest BCUT2D eigenvalue weighted by Crippen LogP contribution is -2.13. The van der Waals surface area contributed by atoms with Gasteiger partial charge in [-0.15, -0.1) is 0 Å². The highest BCUT2D eigenvalue weighted by Gasteiger charge is 2.24. The van der Waals surface area contributed by atoms with Crippen molar-refractivity contribution in [2.75, 3.05) is 0 Å². The van der Waals surface area contributed by atoms with E-state index in [1.807, 2.05) is 0 Å². The molecule has 4 nitrogen and oxygen atoms in total. The quantitative estimate of drug-likeness (QED) is 0.770. The topological polar surface area (TPSA) is 65.2 Å². The first-order valence-electron chi connectivity index (χ1n) is 4.30. The Bertz CT molecular complexity index is 377. The summed E-state index contributed by atoms with van der Waals surface area (Å²) in [6, 6.07) is 3.12. The van der Waals surface area contributed by atoms with E-state index in [0.29, 0.717) is 5.75 Å². The summed E-state index contributed by atoms with van der Waals surface area (Å²) in [5.74, 6) is -0.0796. The summed E-state index contributed by atoms with van der Waals surface area (Å²) in [6.45, 7) is 0. The molecule has 0 spiro atoms. The van der Waals surface area contributed by atoms with E-state index >= 15 is 0 Å². The van der Waals surface area contributed by atoms with Crippen LogP contribution in [-0.4, -0.2) is 17.0 Å². The molecule has 14 heavy (non-hydrogen) atoms. The summed E-state index contributed by atoms with van der Waals surface area (Å²) in [7, 11) is 0. The molecule has 1 heterocycles. The number of nitrogens with zero attached hydrogens (tertiary/aromatic N) is 1. The number of aromatic nitrogens is 1.